The van der Waals surface area contributed by atoms with Crippen molar-refractivity contribution >= 4 is 21.6 Å². The first-order valence-corrected chi connectivity index (χ1v) is 7.59. The van der Waals surface area contributed by atoms with E-state index in [4.69, 9.17) is 11.6 Å². The van der Waals surface area contributed by atoms with Crippen LogP contribution in [0.3, 0.4) is 0 Å². The largest absolute Gasteiger partial charge is 0.271 e. The lowest BCUT2D eigenvalue weighted by Gasteiger charge is -2.15. The lowest BCUT2D eigenvalue weighted by molar-refractivity contribution is 0.494. The maximum Gasteiger partial charge on any atom is 0.242 e. The first kappa shape index (κ1) is 14.0. The van der Waals surface area contributed by atoms with Crippen molar-refractivity contribution in [3.8, 4) is 0 Å². The Bertz CT molecular complexity index is 641. The van der Waals surface area contributed by atoms with Crippen LogP contribution in [0, 0.1) is 0 Å². The van der Waals surface area contributed by atoms with Crippen LogP contribution in [-0.2, 0) is 16.6 Å². The fourth-order valence-corrected chi connectivity index (χ4v) is 3.47. The molecule has 19 heavy (non-hydrogen) atoms. The molecule has 2 aromatic rings. The van der Waals surface area contributed by atoms with Gasteiger partial charge in [0.25, 0.3) is 0 Å². The van der Waals surface area contributed by atoms with Gasteiger partial charge in [-0.25, -0.2) is 13.1 Å². The SMILES string of the molecule is CC(Cn1cccn1)NS(=O)(=O)c1ccccc1Cl. The van der Waals surface area contributed by atoms with Crippen LogP contribution in [0.4, 0.5) is 0 Å². The van der Waals surface area contributed by atoms with Crippen LogP contribution in [-0.4, -0.2) is 24.2 Å². The summed E-state index contributed by atoms with van der Waals surface area (Å²) >= 11 is 5.90. The lowest BCUT2D eigenvalue weighted by Crippen LogP contribution is -2.35. The van der Waals surface area contributed by atoms with Gasteiger partial charge in [0.15, 0.2) is 0 Å². The van der Waals surface area contributed by atoms with Crippen molar-refractivity contribution in [2.45, 2.75) is 24.4 Å². The highest BCUT2D eigenvalue weighted by atomic mass is 35.5. The molecule has 1 aromatic carbocycles. The molecule has 1 heterocycles. The van der Waals surface area contributed by atoms with E-state index in [1.54, 1.807) is 48.3 Å². The monoisotopic (exact) mass is 299 g/mol. The Balaban J connectivity index is 2.11. The van der Waals surface area contributed by atoms with Gasteiger partial charge in [-0.15, -0.1) is 0 Å². The fourth-order valence-electron chi connectivity index (χ4n) is 1.72. The highest BCUT2D eigenvalue weighted by Crippen LogP contribution is 2.20. The number of aromatic nitrogens is 2. The second-order valence-corrected chi connectivity index (χ2v) is 6.27. The van der Waals surface area contributed by atoms with Crippen molar-refractivity contribution in [2.75, 3.05) is 0 Å². The van der Waals surface area contributed by atoms with Gasteiger partial charge in [0.05, 0.1) is 11.6 Å². The minimum atomic E-state index is -3.62. The van der Waals surface area contributed by atoms with Gasteiger partial charge >= 0.3 is 0 Å². The molecule has 1 atom stereocenters. The molecule has 0 amide bonds. The van der Waals surface area contributed by atoms with Gasteiger partial charge in [-0.2, -0.15) is 5.10 Å². The van der Waals surface area contributed by atoms with Gasteiger partial charge in [0, 0.05) is 18.4 Å². The van der Waals surface area contributed by atoms with E-state index in [-0.39, 0.29) is 16.0 Å². The third-order valence-electron chi connectivity index (χ3n) is 2.50. The number of halogens is 1. The standard InChI is InChI=1S/C12H14ClN3O2S/c1-10(9-16-8-4-7-14-16)15-19(17,18)12-6-3-2-5-11(12)13/h2-8,10,15H,9H2,1H3. The summed E-state index contributed by atoms with van der Waals surface area (Å²) in [7, 11) is -3.62. The zero-order valence-corrected chi connectivity index (χ0v) is 11.9. The minimum Gasteiger partial charge on any atom is -0.271 e. The molecule has 5 nitrogen and oxygen atoms in total. The van der Waals surface area contributed by atoms with Crippen LogP contribution in [0.2, 0.25) is 5.02 Å². The van der Waals surface area contributed by atoms with E-state index >= 15 is 0 Å². The number of nitrogens with zero attached hydrogens (tertiary/aromatic N) is 2. The summed E-state index contributed by atoms with van der Waals surface area (Å²) in [4.78, 5) is 0.0870. The number of rotatable bonds is 5. The minimum absolute atomic E-state index is 0.0870. The number of hydrogen-bond acceptors (Lipinski definition) is 3. The van der Waals surface area contributed by atoms with Crippen molar-refractivity contribution in [3.05, 3.63) is 47.7 Å². The van der Waals surface area contributed by atoms with Crippen LogP contribution in [0.25, 0.3) is 0 Å². The molecule has 102 valence electrons. The topological polar surface area (TPSA) is 64.0 Å². The van der Waals surface area contributed by atoms with E-state index < -0.39 is 10.0 Å². The van der Waals surface area contributed by atoms with E-state index in [2.05, 4.69) is 9.82 Å². The molecule has 0 saturated carbocycles. The molecule has 0 aliphatic carbocycles. The Morgan fingerprint density at radius 1 is 1.37 bits per heavy atom. The van der Waals surface area contributed by atoms with Crippen molar-refractivity contribution < 1.29 is 8.42 Å². The molecule has 0 fully saturated rings. The summed E-state index contributed by atoms with van der Waals surface area (Å²) < 4.78 is 28.6. The average molecular weight is 300 g/mol. The third-order valence-corrected chi connectivity index (χ3v) is 4.59. The van der Waals surface area contributed by atoms with Crippen LogP contribution in [0.1, 0.15) is 6.92 Å². The molecule has 7 heteroatoms. The van der Waals surface area contributed by atoms with Gasteiger partial charge in [-0.3, -0.25) is 4.68 Å². The molecular weight excluding hydrogens is 286 g/mol. The molecule has 0 bridgehead atoms. The van der Waals surface area contributed by atoms with E-state index in [1.165, 1.54) is 6.07 Å². The summed E-state index contributed by atoms with van der Waals surface area (Å²) in [6.07, 6.45) is 3.43. The predicted octanol–water partition coefficient (Wildman–Crippen LogP) is 1.90. The summed E-state index contributed by atoms with van der Waals surface area (Å²) in [5.74, 6) is 0. The van der Waals surface area contributed by atoms with Crippen molar-refractivity contribution in [1.29, 1.82) is 0 Å². The maximum atomic E-state index is 12.2. The summed E-state index contributed by atoms with van der Waals surface area (Å²) in [6, 6.07) is 7.85. The van der Waals surface area contributed by atoms with Gasteiger partial charge in [-0.05, 0) is 25.1 Å². The molecular formula is C12H14ClN3O2S. The molecule has 1 aromatic heterocycles. The van der Waals surface area contributed by atoms with Crippen molar-refractivity contribution in [3.63, 3.8) is 0 Å². The molecule has 1 unspecified atom stereocenters. The Hall–Kier alpha value is -1.37. The van der Waals surface area contributed by atoms with Crippen molar-refractivity contribution in [2.24, 2.45) is 0 Å². The summed E-state index contributed by atoms with van der Waals surface area (Å²) in [6.45, 7) is 2.23. The smallest absolute Gasteiger partial charge is 0.242 e. The number of nitrogens with one attached hydrogen (secondary N) is 1. The van der Waals surface area contributed by atoms with Crippen LogP contribution in [0.5, 0.6) is 0 Å². The van der Waals surface area contributed by atoms with Crippen LogP contribution in [0.15, 0.2) is 47.6 Å². The van der Waals surface area contributed by atoms with Crippen LogP contribution >= 0.6 is 11.6 Å². The number of sulfonamides is 1. The van der Waals surface area contributed by atoms with Crippen molar-refractivity contribution in [1.82, 2.24) is 14.5 Å². The Labute approximate surface area is 117 Å². The van der Waals surface area contributed by atoms with E-state index in [0.717, 1.165) is 0 Å². The molecule has 0 aliphatic heterocycles. The molecule has 0 aliphatic rings. The molecule has 0 radical (unpaired) electrons. The number of benzene rings is 1. The molecule has 2 rings (SSSR count). The second-order valence-electron chi connectivity index (χ2n) is 4.18. The zero-order valence-electron chi connectivity index (χ0n) is 10.3. The maximum absolute atomic E-state index is 12.2. The molecule has 1 N–H and O–H groups in total. The Morgan fingerprint density at radius 2 is 2.11 bits per heavy atom. The van der Waals surface area contributed by atoms with Gasteiger partial charge in [0.1, 0.15) is 4.90 Å². The normalized spacial score (nSPS) is 13.4. The van der Waals surface area contributed by atoms with Crippen LogP contribution < -0.4 is 4.72 Å². The van der Waals surface area contributed by atoms with Gasteiger partial charge in [-0.1, -0.05) is 23.7 Å². The first-order valence-electron chi connectivity index (χ1n) is 5.73. The molecule has 0 spiro atoms. The third kappa shape index (κ3) is 3.56. The Kier molecular flexibility index (Phi) is 4.24. The van der Waals surface area contributed by atoms with Gasteiger partial charge in [0.2, 0.25) is 10.0 Å². The highest BCUT2D eigenvalue weighted by Gasteiger charge is 2.20. The average Bonchev–Trinajstić information content (AvgIpc) is 2.81. The Morgan fingerprint density at radius 3 is 2.74 bits per heavy atom. The van der Waals surface area contributed by atoms with E-state index in [0.29, 0.717) is 6.54 Å². The van der Waals surface area contributed by atoms with E-state index in [1.807, 2.05) is 0 Å². The predicted molar refractivity (Wildman–Crippen MR) is 73.5 cm³/mol. The highest BCUT2D eigenvalue weighted by molar-refractivity contribution is 7.89. The molecule has 0 saturated heterocycles. The summed E-state index contributed by atoms with van der Waals surface area (Å²) in [5.41, 5.74) is 0. The fraction of sp³-hybridized carbons (Fsp3) is 0.250. The number of hydrogen-bond donors (Lipinski definition) is 1. The van der Waals surface area contributed by atoms with E-state index in [9.17, 15) is 8.42 Å². The lowest BCUT2D eigenvalue weighted by atomic mass is 10.4. The second kappa shape index (κ2) is 5.73. The van der Waals surface area contributed by atoms with Gasteiger partial charge < -0.3 is 0 Å². The first-order chi connectivity index (χ1) is 8.99. The summed E-state index contributed by atoms with van der Waals surface area (Å²) in [5, 5.41) is 4.24. The zero-order chi connectivity index (χ0) is 13.9. The quantitative estimate of drug-likeness (QED) is 0.917.